The fourth-order valence-electron chi connectivity index (χ4n) is 2.47. The van der Waals surface area contributed by atoms with Crippen LogP contribution in [0.1, 0.15) is 13.3 Å². The number of fused-ring (bicyclic) bond motifs is 1. The molecule has 7 heteroatoms. The molecule has 0 radical (unpaired) electrons. The van der Waals surface area contributed by atoms with Crippen molar-refractivity contribution in [1.82, 2.24) is 14.5 Å². The molecule has 2 heterocycles. The van der Waals surface area contributed by atoms with Crippen LogP contribution in [-0.4, -0.2) is 26.8 Å². The topological polar surface area (TPSA) is 89.3 Å². The Bertz CT molecular complexity index is 937. The van der Waals surface area contributed by atoms with Gasteiger partial charge in [-0.2, -0.15) is 4.98 Å². The van der Waals surface area contributed by atoms with Gasteiger partial charge in [0.15, 0.2) is 11.5 Å². The lowest BCUT2D eigenvalue weighted by Gasteiger charge is -2.11. The summed E-state index contributed by atoms with van der Waals surface area (Å²) < 4.78 is 6.65. The first-order chi connectivity index (χ1) is 11.6. The molecule has 0 fully saturated rings. The van der Waals surface area contributed by atoms with Gasteiger partial charge in [0.25, 0.3) is 5.56 Å². The van der Waals surface area contributed by atoms with E-state index in [0.29, 0.717) is 29.6 Å². The molecule has 0 aliphatic rings. The lowest BCUT2D eigenvalue weighted by atomic mass is 10.3. The Labute approximate surface area is 138 Å². The predicted molar refractivity (Wildman–Crippen MR) is 92.0 cm³/mol. The molecule has 3 aromatic rings. The van der Waals surface area contributed by atoms with Gasteiger partial charge in [-0.3, -0.25) is 9.36 Å². The molecule has 7 nitrogen and oxygen atoms in total. The predicted octanol–water partition coefficient (Wildman–Crippen LogP) is 2.66. The van der Waals surface area contributed by atoms with E-state index in [0.717, 1.165) is 11.8 Å². The van der Waals surface area contributed by atoms with Gasteiger partial charge in [-0.05, 0) is 24.6 Å². The van der Waals surface area contributed by atoms with Crippen LogP contribution in [0.3, 0.4) is 0 Å². The van der Waals surface area contributed by atoms with Gasteiger partial charge in [-0.1, -0.05) is 6.92 Å². The smallest absolute Gasteiger partial charge is 0.252 e. The summed E-state index contributed by atoms with van der Waals surface area (Å²) >= 11 is 0. The normalized spacial score (nSPS) is 10.8. The third kappa shape index (κ3) is 3.01. The second kappa shape index (κ2) is 6.57. The number of aromatic nitrogens is 3. The van der Waals surface area contributed by atoms with Crippen molar-refractivity contribution < 1.29 is 9.84 Å². The van der Waals surface area contributed by atoms with Crippen LogP contribution in [0.5, 0.6) is 11.5 Å². The number of aromatic hydroxyl groups is 1. The van der Waals surface area contributed by atoms with Crippen molar-refractivity contribution in [2.75, 3.05) is 12.4 Å². The van der Waals surface area contributed by atoms with Gasteiger partial charge in [-0.15, -0.1) is 0 Å². The fraction of sp³-hybridized carbons (Fsp3) is 0.235. The van der Waals surface area contributed by atoms with Crippen molar-refractivity contribution in [3.05, 3.63) is 46.9 Å². The van der Waals surface area contributed by atoms with E-state index in [2.05, 4.69) is 15.3 Å². The van der Waals surface area contributed by atoms with Gasteiger partial charge in [0.1, 0.15) is 5.65 Å². The highest BCUT2D eigenvalue weighted by molar-refractivity contribution is 5.75. The van der Waals surface area contributed by atoms with E-state index in [1.54, 1.807) is 29.0 Å². The summed E-state index contributed by atoms with van der Waals surface area (Å²) in [5, 5.41) is 13.7. The number of phenols is 1. The fourth-order valence-corrected chi connectivity index (χ4v) is 2.47. The largest absolute Gasteiger partial charge is 0.504 e. The second-order valence-electron chi connectivity index (χ2n) is 5.31. The Hall–Kier alpha value is -3.09. The number of hydrogen-bond donors (Lipinski definition) is 2. The van der Waals surface area contributed by atoms with E-state index in [1.807, 2.05) is 6.92 Å². The molecule has 3 rings (SSSR count). The number of pyridine rings is 1. The number of benzene rings is 1. The number of ether oxygens (including phenoxy) is 1. The van der Waals surface area contributed by atoms with Crippen molar-refractivity contribution in [3.8, 4) is 11.5 Å². The van der Waals surface area contributed by atoms with Crippen LogP contribution in [0.15, 0.2) is 41.3 Å². The standard InChI is InChI=1S/C17H18N4O3/c1-3-8-21-15(23)7-4-11-10-18-17(20-16(11)21)19-12-5-6-14(24-2)13(22)9-12/h4-7,9-10,22H,3,8H2,1-2H3,(H,18,19,20). The maximum atomic E-state index is 12.0. The third-order valence-corrected chi connectivity index (χ3v) is 3.61. The summed E-state index contributed by atoms with van der Waals surface area (Å²) in [6, 6.07) is 8.15. The van der Waals surface area contributed by atoms with Crippen molar-refractivity contribution in [2.45, 2.75) is 19.9 Å². The summed E-state index contributed by atoms with van der Waals surface area (Å²) in [5.74, 6) is 0.755. The molecule has 0 aliphatic carbocycles. The Morgan fingerprint density at radius 3 is 2.83 bits per heavy atom. The molecule has 0 saturated carbocycles. The molecule has 0 aliphatic heterocycles. The molecular weight excluding hydrogens is 308 g/mol. The minimum Gasteiger partial charge on any atom is -0.504 e. The van der Waals surface area contributed by atoms with Crippen LogP contribution in [0.25, 0.3) is 11.0 Å². The molecule has 2 N–H and O–H groups in total. The average molecular weight is 326 g/mol. The van der Waals surface area contributed by atoms with Crippen LogP contribution >= 0.6 is 0 Å². The van der Waals surface area contributed by atoms with Crippen molar-refractivity contribution in [2.24, 2.45) is 0 Å². The van der Waals surface area contributed by atoms with Gasteiger partial charge >= 0.3 is 0 Å². The molecule has 0 amide bonds. The van der Waals surface area contributed by atoms with Gasteiger partial charge < -0.3 is 15.2 Å². The zero-order chi connectivity index (χ0) is 17.1. The first-order valence-corrected chi connectivity index (χ1v) is 7.63. The number of nitrogens with zero attached hydrogens (tertiary/aromatic N) is 3. The summed E-state index contributed by atoms with van der Waals surface area (Å²) in [4.78, 5) is 20.7. The molecule has 0 unspecified atom stereocenters. The molecule has 2 aromatic heterocycles. The highest BCUT2D eigenvalue weighted by Crippen LogP contribution is 2.29. The van der Waals surface area contributed by atoms with Crippen LogP contribution < -0.4 is 15.6 Å². The summed E-state index contributed by atoms with van der Waals surface area (Å²) in [7, 11) is 1.49. The molecule has 124 valence electrons. The minimum atomic E-state index is -0.0870. The van der Waals surface area contributed by atoms with Crippen LogP contribution in [0.4, 0.5) is 11.6 Å². The van der Waals surface area contributed by atoms with Crippen LogP contribution in [0, 0.1) is 0 Å². The molecule has 24 heavy (non-hydrogen) atoms. The van der Waals surface area contributed by atoms with E-state index in [9.17, 15) is 9.90 Å². The first-order valence-electron chi connectivity index (χ1n) is 7.63. The minimum absolute atomic E-state index is 0.0196. The molecule has 0 saturated heterocycles. The number of aryl methyl sites for hydroxylation is 1. The SMILES string of the molecule is CCCn1c(=O)ccc2cnc(Nc3ccc(OC)c(O)c3)nc21. The maximum Gasteiger partial charge on any atom is 0.252 e. The average Bonchev–Trinajstić information content (AvgIpc) is 2.58. The quantitative estimate of drug-likeness (QED) is 0.749. The Morgan fingerprint density at radius 2 is 2.12 bits per heavy atom. The lowest BCUT2D eigenvalue weighted by molar-refractivity contribution is 0.373. The molecule has 0 spiro atoms. The van der Waals surface area contributed by atoms with E-state index in [-0.39, 0.29) is 11.3 Å². The third-order valence-electron chi connectivity index (χ3n) is 3.61. The molecule has 0 bridgehead atoms. The Morgan fingerprint density at radius 1 is 1.29 bits per heavy atom. The zero-order valence-corrected chi connectivity index (χ0v) is 13.5. The Kier molecular flexibility index (Phi) is 4.33. The van der Waals surface area contributed by atoms with E-state index >= 15 is 0 Å². The van der Waals surface area contributed by atoms with Crippen molar-refractivity contribution in [1.29, 1.82) is 0 Å². The Balaban J connectivity index is 1.99. The van der Waals surface area contributed by atoms with Crippen LogP contribution in [0.2, 0.25) is 0 Å². The highest BCUT2D eigenvalue weighted by Gasteiger charge is 2.08. The van der Waals surface area contributed by atoms with Gasteiger partial charge in [-0.25, -0.2) is 4.98 Å². The van der Waals surface area contributed by atoms with Crippen LogP contribution in [-0.2, 0) is 6.54 Å². The number of nitrogens with one attached hydrogen (secondary N) is 1. The van der Waals surface area contributed by atoms with E-state index in [1.165, 1.54) is 19.2 Å². The summed E-state index contributed by atoms with van der Waals surface area (Å²) in [5.41, 5.74) is 1.11. The van der Waals surface area contributed by atoms with Gasteiger partial charge in [0, 0.05) is 35.9 Å². The van der Waals surface area contributed by atoms with Crippen molar-refractivity contribution in [3.63, 3.8) is 0 Å². The second-order valence-corrected chi connectivity index (χ2v) is 5.31. The summed E-state index contributed by atoms with van der Waals surface area (Å²) in [6.07, 6.45) is 2.50. The molecular formula is C17H18N4O3. The van der Waals surface area contributed by atoms with Gasteiger partial charge in [0.2, 0.25) is 5.95 Å². The number of hydrogen-bond acceptors (Lipinski definition) is 6. The highest BCUT2D eigenvalue weighted by atomic mass is 16.5. The van der Waals surface area contributed by atoms with Crippen molar-refractivity contribution >= 4 is 22.7 Å². The number of rotatable bonds is 5. The molecule has 0 atom stereocenters. The summed E-state index contributed by atoms with van der Waals surface area (Å²) in [6.45, 7) is 2.60. The lowest BCUT2D eigenvalue weighted by Crippen LogP contribution is -2.20. The zero-order valence-electron chi connectivity index (χ0n) is 13.5. The number of anilines is 2. The monoisotopic (exact) mass is 326 g/mol. The molecule has 1 aromatic carbocycles. The maximum absolute atomic E-state index is 12.0. The first kappa shape index (κ1) is 15.8. The van der Waals surface area contributed by atoms with Gasteiger partial charge in [0.05, 0.1) is 7.11 Å². The number of phenolic OH excluding ortho intramolecular Hbond substituents is 1. The number of methoxy groups -OCH3 is 1. The van der Waals surface area contributed by atoms with E-state index in [4.69, 9.17) is 4.74 Å². The van der Waals surface area contributed by atoms with E-state index < -0.39 is 0 Å².